The zero-order valence-electron chi connectivity index (χ0n) is 23.5. The highest BCUT2D eigenvalue weighted by Gasteiger charge is 2.28. The van der Waals surface area contributed by atoms with Gasteiger partial charge in [-0.3, -0.25) is 14.2 Å². The first-order chi connectivity index (χ1) is 20.3. The number of aryl methyl sites for hydroxylation is 2. The molecule has 5 aromatic rings. The van der Waals surface area contributed by atoms with E-state index in [2.05, 4.69) is 5.32 Å². The fourth-order valence-electron chi connectivity index (χ4n) is 5.27. The van der Waals surface area contributed by atoms with E-state index in [1.165, 1.54) is 29.1 Å². The quantitative estimate of drug-likeness (QED) is 0.270. The number of ether oxygens (including phenoxy) is 3. The Bertz CT molecular complexity index is 1910. The van der Waals surface area contributed by atoms with Crippen molar-refractivity contribution in [2.45, 2.75) is 26.8 Å². The minimum atomic E-state index is -0.940. The highest BCUT2D eigenvalue weighted by atomic mass is 32.1. The highest BCUT2D eigenvalue weighted by Crippen LogP contribution is 2.40. The fourth-order valence-corrected chi connectivity index (χ4v) is 6.23. The molecular formula is C31H28N4O6S. The van der Waals surface area contributed by atoms with E-state index in [-0.39, 0.29) is 11.1 Å². The van der Waals surface area contributed by atoms with Crippen LogP contribution in [0, 0.1) is 13.8 Å². The number of methoxy groups -OCH3 is 1. The summed E-state index contributed by atoms with van der Waals surface area (Å²) >= 11 is 1.20. The Morgan fingerprint density at radius 1 is 1.05 bits per heavy atom. The van der Waals surface area contributed by atoms with Gasteiger partial charge in [-0.2, -0.15) is 5.10 Å². The number of aromatic nitrogens is 3. The van der Waals surface area contributed by atoms with Gasteiger partial charge in [-0.05, 0) is 56.2 Å². The van der Waals surface area contributed by atoms with Crippen LogP contribution in [0.2, 0.25) is 0 Å². The normalized spacial score (nSPS) is 13.1. The lowest BCUT2D eigenvalue weighted by Gasteiger charge is -2.19. The van der Waals surface area contributed by atoms with Gasteiger partial charge in [0.2, 0.25) is 5.91 Å². The van der Waals surface area contributed by atoms with Crippen LogP contribution in [0.15, 0.2) is 64.8 Å². The molecule has 11 heteroatoms. The number of carbonyl (C=O) groups is 2. The second-order valence-corrected chi connectivity index (χ2v) is 10.8. The number of rotatable bonds is 6. The van der Waals surface area contributed by atoms with E-state index >= 15 is 0 Å². The number of nitrogens with one attached hydrogen (secondary N) is 1. The van der Waals surface area contributed by atoms with Crippen molar-refractivity contribution in [2.24, 2.45) is 0 Å². The average Bonchev–Trinajstić information content (AvgIpc) is 3.58. The Morgan fingerprint density at radius 2 is 1.79 bits per heavy atom. The largest absolute Gasteiger partial charge is 0.486 e. The van der Waals surface area contributed by atoms with Crippen molar-refractivity contribution in [1.29, 1.82) is 0 Å². The van der Waals surface area contributed by atoms with Gasteiger partial charge in [0, 0.05) is 22.4 Å². The molecule has 1 aliphatic heterocycles. The number of para-hydroxylation sites is 1. The monoisotopic (exact) mass is 584 g/mol. The first kappa shape index (κ1) is 27.3. The van der Waals surface area contributed by atoms with E-state index in [0.29, 0.717) is 46.5 Å². The molecule has 0 saturated heterocycles. The predicted molar refractivity (Wildman–Crippen MR) is 160 cm³/mol. The molecule has 1 aliphatic rings. The van der Waals surface area contributed by atoms with Gasteiger partial charge in [0.05, 0.1) is 18.5 Å². The summed E-state index contributed by atoms with van der Waals surface area (Å²) in [6.45, 7) is 6.28. The summed E-state index contributed by atoms with van der Waals surface area (Å²) in [4.78, 5) is 40.2. The number of nitrogens with zero attached hydrogens (tertiary/aromatic N) is 3. The van der Waals surface area contributed by atoms with E-state index in [1.54, 1.807) is 29.1 Å². The molecule has 0 spiro atoms. The number of amides is 1. The van der Waals surface area contributed by atoms with Gasteiger partial charge in [0.1, 0.15) is 35.5 Å². The lowest BCUT2D eigenvalue weighted by molar-refractivity contribution is -0.118. The van der Waals surface area contributed by atoms with Gasteiger partial charge >= 0.3 is 5.97 Å². The van der Waals surface area contributed by atoms with Crippen LogP contribution in [-0.4, -0.2) is 46.5 Å². The summed E-state index contributed by atoms with van der Waals surface area (Å²) in [6.07, 6.45) is 0. The summed E-state index contributed by atoms with van der Waals surface area (Å²) < 4.78 is 19.6. The number of hydrogen-bond acceptors (Lipinski definition) is 8. The maximum absolute atomic E-state index is 13.8. The molecule has 10 nitrogen and oxygen atoms in total. The number of benzene rings is 2. The van der Waals surface area contributed by atoms with Crippen molar-refractivity contribution in [3.63, 3.8) is 0 Å². The van der Waals surface area contributed by atoms with E-state index < -0.39 is 17.9 Å². The van der Waals surface area contributed by atoms with Crippen LogP contribution >= 0.6 is 11.3 Å². The molecule has 1 N–H and O–H groups in total. The van der Waals surface area contributed by atoms with E-state index in [9.17, 15) is 14.4 Å². The zero-order chi connectivity index (χ0) is 29.5. The topological polar surface area (TPSA) is 114 Å². The third-order valence-electron chi connectivity index (χ3n) is 7.27. The zero-order valence-corrected chi connectivity index (χ0v) is 24.3. The molecule has 6 rings (SSSR count). The Labute approximate surface area is 245 Å². The molecule has 0 radical (unpaired) electrons. The fraction of sp³-hybridized carbons (Fsp3) is 0.226. The SMILES string of the molecule is COC(=O)c1c(-c2ccc3c(c2)OCCO3)csc1NC(=O)C(C)n1c(=O)cc(C)c2c(C)nn(-c3ccccc3)c21. The van der Waals surface area contributed by atoms with Crippen LogP contribution in [0.1, 0.15) is 34.6 Å². The van der Waals surface area contributed by atoms with Gasteiger partial charge < -0.3 is 19.5 Å². The lowest BCUT2D eigenvalue weighted by atomic mass is 10.0. The summed E-state index contributed by atoms with van der Waals surface area (Å²) in [5.74, 6) is 0.133. The molecule has 2 aromatic carbocycles. The molecule has 1 unspecified atom stereocenters. The maximum Gasteiger partial charge on any atom is 0.341 e. The van der Waals surface area contributed by atoms with Gasteiger partial charge in [-0.25, -0.2) is 9.48 Å². The number of pyridine rings is 1. The van der Waals surface area contributed by atoms with Gasteiger partial charge in [0.25, 0.3) is 5.56 Å². The number of thiophene rings is 1. The Morgan fingerprint density at radius 3 is 2.52 bits per heavy atom. The smallest absolute Gasteiger partial charge is 0.341 e. The number of esters is 1. The number of hydrogen-bond donors (Lipinski definition) is 1. The van der Waals surface area contributed by atoms with E-state index in [1.807, 2.05) is 50.2 Å². The minimum absolute atomic E-state index is 0.214. The first-order valence-corrected chi connectivity index (χ1v) is 14.2. The number of carbonyl (C=O) groups excluding carboxylic acids is 2. The van der Waals surface area contributed by atoms with Crippen molar-refractivity contribution >= 4 is 39.2 Å². The Balaban J connectivity index is 1.40. The van der Waals surface area contributed by atoms with Crippen LogP contribution in [0.5, 0.6) is 11.5 Å². The summed E-state index contributed by atoms with van der Waals surface area (Å²) in [6, 6.07) is 15.4. The second-order valence-electron chi connectivity index (χ2n) is 9.94. The van der Waals surface area contributed by atoms with Gasteiger partial charge in [-0.1, -0.05) is 24.3 Å². The third-order valence-corrected chi connectivity index (χ3v) is 8.17. The minimum Gasteiger partial charge on any atom is -0.486 e. The maximum atomic E-state index is 13.8. The highest BCUT2D eigenvalue weighted by molar-refractivity contribution is 7.15. The summed E-state index contributed by atoms with van der Waals surface area (Å²) in [5, 5.41) is 10.5. The van der Waals surface area contributed by atoms with Gasteiger partial charge in [0.15, 0.2) is 11.5 Å². The Hall–Kier alpha value is -4.90. The van der Waals surface area contributed by atoms with Gasteiger partial charge in [-0.15, -0.1) is 11.3 Å². The molecule has 0 fully saturated rings. The van der Waals surface area contributed by atoms with Crippen molar-refractivity contribution in [3.8, 4) is 28.3 Å². The standard InChI is InChI=1S/C31H28N4O6S/c1-17-14-25(36)34(30-26(17)18(2)33-35(30)21-8-6-5-7-9-21)19(3)28(37)32-29-27(31(38)39-4)22(16-42-29)20-10-11-23-24(15-20)41-13-12-40-23/h5-11,14-16,19H,12-13H2,1-4H3,(H,32,37). The number of fused-ring (bicyclic) bond motifs is 2. The predicted octanol–water partition coefficient (Wildman–Crippen LogP) is 5.29. The van der Waals surface area contributed by atoms with Crippen molar-refractivity contribution in [3.05, 3.63) is 87.2 Å². The molecule has 0 saturated carbocycles. The van der Waals surface area contributed by atoms with Crippen molar-refractivity contribution in [1.82, 2.24) is 14.3 Å². The van der Waals surface area contributed by atoms with E-state index in [4.69, 9.17) is 19.3 Å². The molecular weight excluding hydrogens is 556 g/mol. The molecule has 4 heterocycles. The van der Waals surface area contributed by atoms with Crippen LogP contribution in [0.25, 0.3) is 27.8 Å². The van der Waals surface area contributed by atoms with Crippen LogP contribution in [-0.2, 0) is 9.53 Å². The first-order valence-electron chi connectivity index (χ1n) is 13.4. The molecule has 0 bridgehead atoms. The lowest BCUT2D eigenvalue weighted by Crippen LogP contribution is -2.32. The van der Waals surface area contributed by atoms with Crippen LogP contribution in [0.4, 0.5) is 5.00 Å². The molecule has 1 atom stereocenters. The molecule has 42 heavy (non-hydrogen) atoms. The molecule has 214 valence electrons. The van der Waals surface area contributed by atoms with Crippen LogP contribution < -0.4 is 20.3 Å². The summed E-state index contributed by atoms with van der Waals surface area (Å²) in [5.41, 5.74) is 3.96. The summed E-state index contributed by atoms with van der Waals surface area (Å²) in [7, 11) is 1.29. The molecule has 0 aliphatic carbocycles. The van der Waals surface area contributed by atoms with E-state index in [0.717, 1.165) is 22.3 Å². The molecule has 1 amide bonds. The van der Waals surface area contributed by atoms with Crippen molar-refractivity contribution < 1.29 is 23.8 Å². The average molecular weight is 585 g/mol. The second kappa shape index (κ2) is 10.8. The Kier molecular flexibility index (Phi) is 7.03. The third kappa shape index (κ3) is 4.61. The van der Waals surface area contributed by atoms with Crippen molar-refractivity contribution in [2.75, 3.05) is 25.6 Å². The number of anilines is 1. The van der Waals surface area contributed by atoms with Crippen LogP contribution in [0.3, 0.4) is 0 Å². The molecule has 3 aromatic heterocycles.